The maximum atomic E-state index is 9.55. The number of carbonyl (C=O) groups is 2. The molecule has 0 fully saturated rings. The van der Waals surface area contributed by atoms with Crippen molar-refractivity contribution in [2.75, 3.05) is 6.61 Å². The summed E-state index contributed by atoms with van der Waals surface area (Å²) in [6.45, 7) is 3.00. The van der Waals surface area contributed by atoms with Gasteiger partial charge in [-0.15, -0.1) is 6.58 Å². The Labute approximate surface area is 69.3 Å². The molecule has 0 aromatic rings. The van der Waals surface area contributed by atoms with Gasteiger partial charge in [0.2, 0.25) is 0 Å². The third-order valence-corrected chi connectivity index (χ3v) is 0.486. The van der Waals surface area contributed by atoms with Gasteiger partial charge in [-0.05, 0) is 0 Å². The Morgan fingerprint density at radius 3 is 1.50 bits per heavy atom. The standard InChI is InChI=1S/C4H4O4.C3H5O/c5-3(6)1-2-4(7)8;1-2-3-4/h1-2H,(H,5,6)(H,7,8);2H,1,3H2/b2-1-;. The largest absolute Gasteiger partial charge is 0.478 e. The zero-order chi connectivity index (χ0) is 9.98. The zero-order valence-electron chi connectivity index (χ0n) is 6.27. The van der Waals surface area contributed by atoms with Gasteiger partial charge in [0.05, 0.1) is 0 Å². The molecule has 67 valence electrons. The predicted octanol–water partition coefficient (Wildman–Crippen LogP) is 0.315. The highest BCUT2D eigenvalue weighted by molar-refractivity contribution is 5.89. The van der Waals surface area contributed by atoms with E-state index in [0.717, 1.165) is 0 Å². The van der Waals surface area contributed by atoms with Crippen LogP contribution in [0.5, 0.6) is 0 Å². The summed E-state index contributed by atoms with van der Waals surface area (Å²) in [4.78, 5) is 19.1. The van der Waals surface area contributed by atoms with Crippen molar-refractivity contribution in [2.45, 2.75) is 0 Å². The van der Waals surface area contributed by atoms with E-state index in [1.807, 2.05) is 0 Å². The molecule has 0 heterocycles. The lowest BCUT2D eigenvalue weighted by Crippen LogP contribution is -1.91. The molecule has 0 saturated heterocycles. The van der Waals surface area contributed by atoms with Gasteiger partial charge in [-0.1, -0.05) is 6.08 Å². The highest BCUT2D eigenvalue weighted by Crippen LogP contribution is 1.70. The van der Waals surface area contributed by atoms with Gasteiger partial charge in [0.1, 0.15) is 6.61 Å². The van der Waals surface area contributed by atoms with Crippen molar-refractivity contribution in [3.8, 4) is 0 Å². The Bertz CT molecular complexity index is 166. The Kier molecular flexibility index (Phi) is 10.2. The van der Waals surface area contributed by atoms with E-state index < -0.39 is 11.9 Å². The Morgan fingerprint density at radius 2 is 1.42 bits per heavy atom. The molecular weight excluding hydrogens is 164 g/mol. The van der Waals surface area contributed by atoms with E-state index in [1.165, 1.54) is 6.08 Å². The lowest BCUT2D eigenvalue weighted by atomic mass is 10.5. The molecule has 0 aromatic carbocycles. The molecule has 0 atom stereocenters. The maximum Gasteiger partial charge on any atom is 0.328 e. The van der Waals surface area contributed by atoms with Crippen LogP contribution in [-0.4, -0.2) is 28.8 Å². The first-order chi connectivity index (χ1) is 5.54. The lowest BCUT2D eigenvalue weighted by molar-refractivity contribution is -0.134. The molecule has 0 rings (SSSR count). The van der Waals surface area contributed by atoms with Crippen LogP contribution in [0, 0.1) is 0 Å². The summed E-state index contributed by atoms with van der Waals surface area (Å²) >= 11 is 0. The molecule has 12 heavy (non-hydrogen) atoms. The summed E-state index contributed by atoms with van der Waals surface area (Å²) in [6.07, 6.45) is 2.44. The normalized spacial score (nSPS) is 8.42. The molecule has 5 heteroatoms. The van der Waals surface area contributed by atoms with Crippen molar-refractivity contribution in [1.82, 2.24) is 0 Å². The molecular formula is C7H9O5. The second kappa shape index (κ2) is 9.38. The van der Waals surface area contributed by atoms with Crippen molar-refractivity contribution in [2.24, 2.45) is 0 Å². The zero-order valence-corrected chi connectivity index (χ0v) is 6.27. The number of aliphatic carboxylic acids is 2. The van der Waals surface area contributed by atoms with Crippen LogP contribution in [0.3, 0.4) is 0 Å². The number of hydrogen-bond acceptors (Lipinski definition) is 2. The van der Waals surface area contributed by atoms with E-state index in [1.54, 1.807) is 0 Å². The van der Waals surface area contributed by atoms with E-state index in [-0.39, 0.29) is 6.61 Å². The highest BCUT2D eigenvalue weighted by atomic mass is 16.4. The fourth-order valence-corrected chi connectivity index (χ4v) is 0.143. The van der Waals surface area contributed by atoms with Gasteiger partial charge < -0.3 is 10.2 Å². The van der Waals surface area contributed by atoms with Gasteiger partial charge in [0.15, 0.2) is 0 Å². The molecule has 0 saturated carbocycles. The van der Waals surface area contributed by atoms with Gasteiger partial charge in [0.25, 0.3) is 0 Å². The molecule has 5 nitrogen and oxygen atoms in total. The monoisotopic (exact) mass is 173 g/mol. The van der Waals surface area contributed by atoms with Crippen LogP contribution < -0.4 is 0 Å². The van der Waals surface area contributed by atoms with Crippen molar-refractivity contribution in [3.05, 3.63) is 24.8 Å². The van der Waals surface area contributed by atoms with Crippen LogP contribution in [0.1, 0.15) is 0 Å². The second-order valence-corrected chi connectivity index (χ2v) is 1.47. The van der Waals surface area contributed by atoms with Gasteiger partial charge in [-0.25, -0.2) is 14.7 Å². The molecule has 0 bridgehead atoms. The first-order valence-corrected chi connectivity index (χ1v) is 2.87. The highest BCUT2D eigenvalue weighted by Gasteiger charge is 1.88. The first-order valence-electron chi connectivity index (χ1n) is 2.87. The van der Waals surface area contributed by atoms with Crippen LogP contribution in [-0.2, 0) is 14.7 Å². The Morgan fingerprint density at radius 1 is 1.17 bits per heavy atom. The van der Waals surface area contributed by atoms with Gasteiger partial charge in [-0.2, -0.15) is 0 Å². The molecule has 1 radical (unpaired) electrons. The predicted molar refractivity (Wildman–Crippen MR) is 40.2 cm³/mol. The van der Waals surface area contributed by atoms with Crippen molar-refractivity contribution in [3.63, 3.8) is 0 Å². The van der Waals surface area contributed by atoms with Crippen molar-refractivity contribution >= 4 is 11.9 Å². The van der Waals surface area contributed by atoms with Crippen LogP contribution in [0.25, 0.3) is 0 Å². The Hall–Kier alpha value is -1.62. The SMILES string of the molecule is C=CC[O].O=C(O)/C=C\C(=O)O. The minimum Gasteiger partial charge on any atom is -0.478 e. The van der Waals surface area contributed by atoms with Gasteiger partial charge >= 0.3 is 11.9 Å². The minimum atomic E-state index is -1.26. The molecule has 0 aromatic heterocycles. The molecule has 0 unspecified atom stereocenters. The first kappa shape index (κ1) is 13.0. The van der Waals surface area contributed by atoms with E-state index in [4.69, 9.17) is 10.2 Å². The quantitative estimate of drug-likeness (QED) is 0.474. The van der Waals surface area contributed by atoms with E-state index in [9.17, 15) is 14.7 Å². The summed E-state index contributed by atoms with van der Waals surface area (Å²) in [7, 11) is 0. The van der Waals surface area contributed by atoms with E-state index in [0.29, 0.717) is 12.2 Å². The van der Waals surface area contributed by atoms with E-state index in [2.05, 4.69) is 6.58 Å². The summed E-state index contributed by atoms with van der Waals surface area (Å²) in [5.74, 6) is -2.51. The van der Waals surface area contributed by atoms with Gasteiger partial charge in [0, 0.05) is 12.2 Å². The van der Waals surface area contributed by atoms with Crippen LogP contribution >= 0.6 is 0 Å². The van der Waals surface area contributed by atoms with E-state index >= 15 is 0 Å². The molecule has 0 aliphatic rings. The smallest absolute Gasteiger partial charge is 0.328 e. The number of carboxylic acids is 2. The van der Waals surface area contributed by atoms with Gasteiger partial charge in [-0.3, -0.25) is 0 Å². The molecule has 2 N–H and O–H groups in total. The topological polar surface area (TPSA) is 94.5 Å². The summed E-state index contributed by atoms with van der Waals surface area (Å²) in [5, 5.41) is 24.8. The molecule has 0 aliphatic carbocycles. The molecule has 0 amide bonds. The fourth-order valence-electron chi connectivity index (χ4n) is 0.143. The summed E-state index contributed by atoms with van der Waals surface area (Å²) < 4.78 is 0. The van der Waals surface area contributed by atoms with Crippen molar-refractivity contribution in [1.29, 1.82) is 0 Å². The number of rotatable bonds is 3. The van der Waals surface area contributed by atoms with Crippen LogP contribution in [0.15, 0.2) is 24.8 Å². The summed E-state index contributed by atoms with van der Waals surface area (Å²) in [6, 6.07) is 0. The van der Waals surface area contributed by atoms with Crippen molar-refractivity contribution < 1.29 is 24.9 Å². The second-order valence-electron chi connectivity index (χ2n) is 1.47. The third-order valence-electron chi connectivity index (χ3n) is 0.486. The average Bonchev–Trinajstić information content (AvgIpc) is 2.01. The maximum absolute atomic E-state index is 9.55. The average molecular weight is 173 g/mol. The number of hydrogen-bond donors (Lipinski definition) is 2. The van der Waals surface area contributed by atoms with Crippen LogP contribution in [0.2, 0.25) is 0 Å². The summed E-state index contributed by atoms with van der Waals surface area (Å²) in [5.41, 5.74) is 0. The molecule has 0 aliphatic heterocycles. The minimum absolute atomic E-state index is 0.167. The lowest BCUT2D eigenvalue weighted by Gasteiger charge is -1.74. The third kappa shape index (κ3) is 23.8. The molecule has 0 spiro atoms. The fraction of sp³-hybridized carbons (Fsp3) is 0.143. The van der Waals surface area contributed by atoms with Crippen LogP contribution in [0.4, 0.5) is 0 Å². The number of carboxylic acid groups (broad SMARTS) is 2. The Balaban J connectivity index is 0.